The van der Waals surface area contributed by atoms with E-state index in [4.69, 9.17) is 0 Å². The second-order valence-corrected chi connectivity index (χ2v) is 5.67. The quantitative estimate of drug-likeness (QED) is 0.851. The molecule has 19 heavy (non-hydrogen) atoms. The number of hydrogen-bond donors (Lipinski definition) is 2. The van der Waals surface area contributed by atoms with Gasteiger partial charge in [0.2, 0.25) is 5.13 Å². The maximum atomic E-state index is 9.23. The van der Waals surface area contributed by atoms with Gasteiger partial charge in [0.1, 0.15) is 10.8 Å². The summed E-state index contributed by atoms with van der Waals surface area (Å²) in [6.45, 7) is 4.23. The number of hydrogen-bond acceptors (Lipinski definition) is 5. The van der Waals surface area contributed by atoms with Crippen LogP contribution >= 0.6 is 11.3 Å². The monoisotopic (exact) mass is 277 g/mol. The summed E-state index contributed by atoms with van der Waals surface area (Å²) in [6.07, 6.45) is 2.93. The van der Waals surface area contributed by atoms with E-state index in [0.717, 1.165) is 29.4 Å². The molecule has 0 saturated heterocycles. The van der Waals surface area contributed by atoms with Gasteiger partial charge in [0.15, 0.2) is 0 Å². The lowest BCUT2D eigenvalue weighted by Gasteiger charge is -2.12. The van der Waals surface area contributed by atoms with E-state index < -0.39 is 0 Å². The molecule has 0 radical (unpaired) electrons. The molecule has 1 aromatic heterocycles. The fraction of sp³-hybridized carbons (Fsp3) is 0.429. The Kier molecular flexibility index (Phi) is 4.74. The highest BCUT2D eigenvalue weighted by molar-refractivity contribution is 7.15. The van der Waals surface area contributed by atoms with Crippen molar-refractivity contribution in [2.75, 3.05) is 5.32 Å². The zero-order chi connectivity index (χ0) is 13.7. The first-order valence-electron chi connectivity index (χ1n) is 6.54. The van der Waals surface area contributed by atoms with Gasteiger partial charge in [-0.05, 0) is 43.9 Å². The topological polar surface area (TPSA) is 58.0 Å². The number of rotatable bonds is 6. The SMILES string of the molecule is CCc1nnc(NC(C)CCc2ccc(O)cc2)s1. The molecule has 0 aliphatic heterocycles. The first-order valence-corrected chi connectivity index (χ1v) is 7.36. The number of benzene rings is 1. The summed E-state index contributed by atoms with van der Waals surface area (Å²) in [6, 6.07) is 7.73. The summed E-state index contributed by atoms with van der Waals surface area (Å²) in [5, 5.41) is 22.8. The lowest BCUT2D eigenvalue weighted by atomic mass is 10.1. The summed E-state index contributed by atoms with van der Waals surface area (Å²) >= 11 is 1.62. The molecule has 2 rings (SSSR count). The van der Waals surface area contributed by atoms with Crippen molar-refractivity contribution in [2.45, 2.75) is 39.2 Å². The fourth-order valence-electron chi connectivity index (χ4n) is 1.78. The van der Waals surface area contributed by atoms with Crippen LogP contribution in [-0.4, -0.2) is 21.3 Å². The molecule has 1 unspecified atom stereocenters. The second-order valence-electron chi connectivity index (χ2n) is 4.61. The molecular weight excluding hydrogens is 258 g/mol. The van der Waals surface area contributed by atoms with Gasteiger partial charge in [-0.1, -0.05) is 30.4 Å². The van der Waals surface area contributed by atoms with Gasteiger partial charge in [-0.3, -0.25) is 0 Å². The highest BCUT2D eigenvalue weighted by Crippen LogP contribution is 2.18. The largest absolute Gasteiger partial charge is 0.508 e. The van der Waals surface area contributed by atoms with E-state index in [2.05, 4.69) is 29.4 Å². The Labute approximate surface area is 117 Å². The van der Waals surface area contributed by atoms with Gasteiger partial charge in [0, 0.05) is 6.04 Å². The zero-order valence-electron chi connectivity index (χ0n) is 11.3. The molecule has 2 N–H and O–H groups in total. The van der Waals surface area contributed by atoms with E-state index in [1.165, 1.54) is 5.56 Å². The fourth-order valence-corrected chi connectivity index (χ4v) is 2.57. The number of aryl methyl sites for hydroxylation is 2. The van der Waals surface area contributed by atoms with Gasteiger partial charge in [0.25, 0.3) is 0 Å². The molecule has 0 aliphatic rings. The third-order valence-electron chi connectivity index (χ3n) is 2.94. The van der Waals surface area contributed by atoms with Crippen molar-refractivity contribution in [1.29, 1.82) is 0 Å². The van der Waals surface area contributed by atoms with Crippen molar-refractivity contribution < 1.29 is 5.11 Å². The Balaban J connectivity index is 1.81. The molecule has 5 heteroatoms. The molecule has 0 aliphatic carbocycles. The number of phenolic OH excluding ortho intramolecular Hbond substituents is 1. The van der Waals surface area contributed by atoms with Crippen LogP contribution in [0.2, 0.25) is 0 Å². The smallest absolute Gasteiger partial charge is 0.205 e. The predicted octanol–water partition coefficient (Wildman–Crippen LogP) is 3.24. The molecule has 0 fully saturated rings. The van der Waals surface area contributed by atoms with Crippen LogP contribution < -0.4 is 5.32 Å². The molecule has 1 atom stereocenters. The Bertz CT molecular complexity index is 510. The summed E-state index contributed by atoms with van der Waals surface area (Å²) in [7, 11) is 0. The molecule has 2 aromatic rings. The van der Waals surface area contributed by atoms with E-state index in [-0.39, 0.29) is 0 Å². The van der Waals surface area contributed by atoms with E-state index in [1.54, 1.807) is 23.5 Å². The van der Waals surface area contributed by atoms with E-state index in [1.807, 2.05) is 12.1 Å². The van der Waals surface area contributed by atoms with Crippen LogP contribution in [0.3, 0.4) is 0 Å². The van der Waals surface area contributed by atoms with E-state index in [0.29, 0.717) is 11.8 Å². The lowest BCUT2D eigenvalue weighted by molar-refractivity contribution is 0.475. The van der Waals surface area contributed by atoms with Crippen LogP contribution in [0, 0.1) is 0 Å². The van der Waals surface area contributed by atoms with Gasteiger partial charge in [-0.25, -0.2) is 0 Å². The minimum absolute atomic E-state index is 0.316. The van der Waals surface area contributed by atoms with Crippen molar-refractivity contribution in [2.24, 2.45) is 0 Å². The first-order chi connectivity index (χ1) is 9.17. The Morgan fingerprint density at radius 3 is 2.63 bits per heavy atom. The van der Waals surface area contributed by atoms with Gasteiger partial charge in [-0.2, -0.15) is 0 Å². The molecular formula is C14H19N3OS. The molecule has 1 aromatic carbocycles. The van der Waals surface area contributed by atoms with Gasteiger partial charge >= 0.3 is 0 Å². The van der Waals surface area contributed by atoms with Gasteiger partial charge in [0.05, 0.1) is 0 Å². The minimum atomic E-state index is 0.316. The van der Waals surface area contributed by atoms with Crippen molar-refractivity contribution >= 4 is 16.5 Å². The first kappa shape index (κ1) is 13.8. The average molecular weight is 277 g/mol. The highest BCUT2D eigenvalue weighted by Gasteiger charge is 2.07. The van der Waals surface area contributed by atoms with Crippen LogP contribution in [0.1, 0.15) is 30.8 Å². The summed E-state index contributed by atoms with van der Waals surface area (Å²) in [4.78, 5) is 0. The highest BCUT2D eigenvalue weighted by atomic mass is 32.1. The van der Waals surface area contributed by atoms with Gasteiger partial charge < -0.3 is 10.4 Å². The molecule has 4 nitrogen and oxygen atoms in total. The van der Waals surface area contributed by atoms with E-state index >= 15 is 0 Å². The van der Waals surface area contributed by atoms with Crippen LogP contribution in [0.4, 0.5) is 5.13 Å². The Hall–Kier alpha value is -1.62. The zero-order valence-corrected chi connectivity index (χ0v) is 12.1. The lowest BCUT2D eigenvalue weighted by Crippen LogP contribution is -2.15. The number of nitrogens with one attached hydrogen (secondary N) is 1. The minimum Gasteiger partial charge on any atom is -0.508 e. The number of anilines is 1. The second kappa shape index (κ2) is 6.52. The number of aromatic nitrogens is 2. The van der Waals surface area contributed by atoms with Crippen molar-refractivity contribution in [1.82, 2.24) is 10.2 Å². The standard InChI is InChI=1S/C14H19N3OS/c1-3-13-16-17-14(19-13)15-10(2)4-5-11-6-8-12(18)9-7-11/h6-10,18H,3-5H2,1-2H3,(H,15,17). The molecule has 0 amide bonds. The van der Waals surface area contributed by atoms with Crippen LogP contribution in [0.25, 0.3) is 0 Å². The van der Waals surface area contributed by atoms with Crippen LogP contribution in [0.5, 0.6) is 5.75 Å². The molecule has 1 heterocycles. The third-order valence-corrected chi connectivity index (χ3v) is 3.94. The van der Waals surface area contributed by atoms with Crippen molar-refractivity contribution in [3.63, 3.8) is 0 Å². The average Bonchev–Trinajstić information content (AvgIpc) is 2.86. The summed E-state index contributed by atoms with van der Waals surface area (Å²) in [5.74, 6) is 0.316. The predicted molar refractivity (Wildman–Crippen MR) is 78.8 cm³/mol. The molecule has 102 valence electrons. The van der Waals surface area contributed by atoms with E-state index in [9.17, 15) is 5.11 Å². The Morgan fingerprint density at radius 2 is 2.00 bits per heavy atom. The van der Waals surface area contributed by atoms with Crippen molar-refractivity contribution in [3.8, 4) is 5.75 Å². The summed E-state index contributed by atoms with van der Waals surface area (Å²) in [5.41, 5.74) is 1.23. The normalized spacial score (nSPS) is 12.3. The number of aromatic hydroxyl groups is 1. The Morgan fingerprint density at radius 1 is 1.26 bits per heavy atom. The van der Waals surface area contributed by atoms with Crippen molar-refractivity contribution in [3.05, 3.63) is 34.8 Å². The third kappa shape index (κ3) is 4.21. The molecule has 0 spiro atoms. The molecule has 0 bridgehead atoms. The van der Waals surface area contributed by atoms with Crippen LogP contribution in [-0.2, 0) is 12.8 Å². The van der Waals surface area contributed by atoms with Crippen LogP contribution in [0.15, 0.2) is 24.3 Å². The maximum absolute atomic E-state index is 9.23. The molecule has 0 saturated carbocycles. The summed E-state index contributed by atoms with van der Waals surface area (Å²) < 4.78 is 0. The van der Waals surface area contributed by atoms with Gasteiger partial charge in [-0.15, -0.1) is 10.2 Å². The maximum Gasteiger partial charge on any atom is 0.205 e. The number of nitrogens with zero attached hydrogens (tertiary/aromatic N) is 2. The number of phenols is 1.